The van der Waals surface area contributed by atoms with Crippen molar-refractivity contribution in [3.8, 4) is 10.4 Å². The van der Waals surface area contributed by atoms with Gasteiger partial charge in [0.2, 0.25) is 0 Å². The van der Waals surface area contributed by atoms with Crippen molar-refractivity contribution in [2.45, 2.75) is 13.1 Å². The number of amides is 3. The van der Waals surface area contributed by atoms with Crippen LogP contribution in [0.2, 0.25) is 0 Å². The quantitative estimate of drug-likeness (QED) is 0.258. The number of hydrogen-bond donors (Lipinski definition) is 0. The zero-order valence-corrected chi connectivity index (χ0v) is 23.6. The smallest absolute Gasteiger partial charge is 0.261 e. The molecular formula is C31H26BrN3O3S. The monoisotopic (exact) mass is 599 g/mol. The van der Waals surface area contributed by atoms with Crippen molar-refractivity contribution in [1.82, 2.24) is 14.7 Å². The average Bonchev–Trinajstić information content (AvgIpc) is 3.53. The molecule has 2 aliphatic rings. The molecule has 3 amide bonds. The molecular weight excluding hydrogens is 574 g/mol. The van der Waals surface area contributed by atoms with E-state index in [2.05, 4.69) is 57.2 Å². The summed E-state index contributed by atoms with van der Waals surface area (Å²) in [4.78, 5) is 46.6. The molecule has 1 saturated heterocycles. The Morgan fingerprint density at radius 1 is 0.744 bits per heavy atom. The number of carbonyl (C=O) groups is 3. The minimum absolute atomic E-state index is 0.00980. The Morgan fingerprint density at radius 3 is 2.03 bits per heavy atom. The number of carbonyl (C=O) groups excluding carboxylic acids is 3. The molecule has 0 unspecified atom stereocenters. The van der Waals surface area contributed by atoms with E-state index >= 15 is 0 Å². The van der Waals surface area contributed by atoms with Crippen molar-refractivity contribution in [3.05, 3.63) is 117 Å². The Bertz CT molecular complexity index is 1510. The normalized spacial score (nSPS) is 15.6. The molecule has 0 saturated carbocycles. The summed E-state index contributed by atoms with van der Waals surface area (Å²) in [5.74, 6) is -0.544. The van der Waals surface area contributed by atoms with E-state index in [0.29, 0.717) is 29.8 Å². The van der Waals surface area contributed by atoms with Gasteiger partial charge in [-0.05, 0) is 59.7 Å². The fraction of sp³-hybridized carbons (Fsp3) is 0.194. The second-order valence-corrected chi connectivity index (χ2v) is 11.9. The molecule has 3 aromatic carbocycles. The number of imide groups is 1. The maximum Gasteiger partial charge on any atom is 0.261 e. The lowest BCUT2D eigenvalue weighted by Crippen LogP contribution is -2.48. The van der Waals surface area contributed by atoms with Gasteiger partial charge in [-0.3, -0.25) is 24.2 Å². The summed E-state index contributed by atoms with van der Waals surface area (Å²) in [5, 5.41) is 0. The summed E-state index contributed by atoms with van der Waals surface area (Å²) in [6, 6.07) is 26.9. The van der Waals surface area contributed by atoms with Crippen LogP contribution in [0.4, 0.5) is 0 Å². The molecule has 0 atom stereocenters. The zero-order valence-electron chi connectivity index (χ0n) is 21.2. The molecule has 0 bridgehead atoms. The average molecular weight is 601 g/mol. The third-order valence-electron chi connectivity index (χ3n) is 7.25. The van der Waals surface area contributed by atoms with Gasteiger partial charge in [-0.15, -0.1) is 11.3 Å². The summed E-state index contributed by atoms with van der Waals surface area (Å²) in [6.45, 7) is 4.09. The third kappa shape index (κ3) is 5.32. The number of hydrogen-bond acceptors (Lipinski definition) is 5. The van der Waals surface area contributed by atoms with Crippen LogP contribution < -0.4 is 0 Å². The minimum atomic E-state index is -0.277. The van der Waals surface area contributed by atoms with Crippen molar-refractivity contribution in [2.75, 3.05) is 26.2 Å². The highest BCUT2D eigenvalue weighted by Gasteiger charge is 2.35. The molecule has 0 radical (unpaired) electrons. The molecule has 1 fully saturated rings. The van der Waals surface area contributed by atoms with E-state index in [9.17, 15) is 14.4 Å². The Morgan fingerprint density at radius 2 is 1.38 bits per heavy atom. The lowest BCUT2D eigenvalue weighted by atomic mass is 10.1. The van der Waals surface area contributed by atoms with Gasteiger partial charge in [0, 0.05) is 52.5 Å². The minimum Gasteiger partial charge on any atom is -0.336 e. The van der Waals surface area contributed by atoms with Gasteiger partial charge in [-0.1, -0.05) is 52.3 Å². The first kappa shape index (κ1) is 25.7. The van der Waals surface area contributed by atoms with Crippen molar-refractivity contribution < 1.29 is 14.4 Å². The number of thiophene rings is 1. The fourth-order valence-electron chi connectivity index (χ4n) is 5.06. The van der Waals surface area contributed by atoms with E-state index in [-0.39, 0.29) is 24.3 Å². The molecule has 0 aliphatic carbocycles. The Balaban J connectivity index is 1.02. The fourth-order valence-corrected chi connectivity index (χ4v) is 6.38. The van der Waals surface area contributed by atoms with Gasteiger partial charge in [0.15, 0.2) is 0 Å². The molecule has 1 aromatic heterocycles. The standard InChI is InChI=1S/C31H26BrN3O3S/c32-24-11-9-22(10-12-24)28-14-13-25(39-28)20-33-15-17-34(18-16-33)29(36)23-7-5-21(6-8-23)19-35-30(37)26-3-1-2-4-27(26)31(35)38/h1-14H,15-20H2. The van der Waals surface area contributed by atoms with Gasteiger partial charge in [0.25, 0.3) is 17.7 Å². The summed E-state index contributed by atoms with van der Waals surface area (Å²) in [7, 11) is 0. The molecule has 39 heavy (non-hydrogen) atoms. The van der Waals surface area contributed by atoms with Crippen LogP contribution in [0.1, 0.15) is 41.5 Å². The zero-order chi connectivity index (χ0) is 26.9. The van der Waals surface area contributed by atoms with E-state index in [1.165, 1.54) is 20.2 Å². The molecule has 196 valence electrons. The van der Waals surface area contributed by atoms with Gasteiger partial charge in [-0.2, -0.15) is 0 Å². The van der Waals surface area contributed by atoms with E-state index in [1.807, 2.05) is 28.4 Å². The van der Waals surface area contributed by atoms with Crippen molar-refractivity contribution >= 4 is 45.0 Å². The van der Waals surface area contributed by atoms with E-state index < -0.39 is 0 Å². The Kier molecular flexibility index (Phi) is 7.16. The highest BCUT2D eigenvalue weighted by Crippen LogP contribution is 2.30. The van der Waals surface area contributed by atoms with Crippen LogP contribution in [-0.2, 0) is 13.1 Å². The van der Waals surface area contributed by atoms with Crippen LogP contribution >= 0.6 is 27.3 Å². The number of halogens is 1. The highest BCUT2D eigenvalue weighted by molar-refractivity contribution is 9.10. The molecule has 3 heterocycles. The lowest BCUT2D eigenvalue weighted by Gasteiger charge is -2.34. The van der Waals surface area contributed by atoms with Gasteiger partial charge in [0.1, 0.15) is 0 Å². The third-order valence-corrected chi connectivity index (χ3v) is 8.90. The molecule has 0 spiro atoms. The van der Waals surface area contributed by atoms with Crippen LogP contribution in [0.25, 0.3) is 10.4 Å². The topological polar surface area (TPSA) is 60.9 Å². The lowest BCUT2D eigenvalue weighted by molar-refractivity contribution is 0.0622. The van der Waals surface area contributed by atoms with Gasteiger partial charge in [0.05, 0.1) is 17.7 Å². The predicted molar refractivity (Wildman–Crippen MR) is 156 cm³/mol. The van der Waals surface area contributed by atoms with Crippen LogP contribution in [0.5, 0.6) is 0 Å². The van der Waals surface area contributed by atoms with Gasteiger partial charge in [-0.25, -0.2) is 0 Å². The van der Waals surface area contributed by atoms with Gasteiger partial charge < -0.3 is 4.90 Å². The number of nitrogens with zero attached hydrogens (tertiary/aromatic N) is 3. The van der Waals surface area contributed by atoms with E-state index in [1.54, 1.807) is 36.4 Å². The number of rotatable bonds is 6. The molecule has 8 heteroatoms. The Labute approximate surface area is 239 Å². The first-order chi connectivity index (χ1) is 19.0. The number of fused-ring (bicyclic) bond motifs is 1. The second-order valence-electron chi connectivity index (χ2n) is 9.78. The first-order valence-corrected chi connectivity index (χ1v) is 14.5. The first-order valence-electron chi connectivity index (χ1n) is 12.9. The highest BCUT2D eigenvalue weighted by atomic mass is 79.9. The maximum atomic E-state index is 13.1. The molecule has 2 aliphatic heterocycles. The number of piperazine rings is 1. The summed E-state index contributed by atoms with van der Waals surface area (Å²) in [6.07, 6.45) is 0. The van der Waals surface area contributed by atoms with Crippen molar-refractivity contribution in [3.63, 3.8) is 0 Å². The molecule has 6 nitrogen and oxygen atoms in total. The van der Waals surface area contributed by atoms with Crippen LogP contribution in [0, 0.1) is 0 Å². The van der Waals surface area contributed by atoms with Crippen molar-refractivity contribution in [1.29, 1.82) is 0 Å². The SMILES string of the molecule is O=C(c1ccc(CN2C(=O)c3ccccc3C2=O)cc1)N1CCN(Cc2ccc(-c3ccc(Br)cc3)s2)CC1. The van der Waals surface area contributed by atoms with Crippen LogP contribution in [-0.4, -0.2) is 58.6 Å². The summed E-state index contributed by atoms with van der Waals surface area (Å²) >= 11 is 5.31. The molecule has 4 aromatic rings. The number of benzene rings is 3. The van der Waals surface area contributed by atoms with Gasteiger partial charge >= 0.3 is 0 Å². The largest absolute Gasteiger partial charge is 0.336 e. The molecule has 0 N–H and O–H groups in total. The second kappa shape index (κ2) is 10.9. The van der Waals surface area contributed by atoms with E-state index in [0.717, 1.165) is 29.7 Å². The summed E-state index contributed by atoms with van der Waals surface area (Å²) in [5.41, 5.74) is 3.53. The summed E-state index contributed by atoms with van der Waals surface area (Å²) < 4.78 is 1.08. The van der Waals surface area contributed by atoms with E-state index in [4.69, 9.17) is 0 Å². The van der Waals surface area contributed by atoms with Crippen molar-refractivity contribution in [2.24, 2.45) is 0 Å². The van der Waals surface area contributed by atoms with Crippen LogP contribution in [0.15, 0.2) is 89.4 Å². The Hall–Kier alpha value is -3.59. The maximum absolute atomic E-state index is 13.1. The predicted octanol–water partition coefficient (Wildman–Crippen LogP) is 5.93. The molecule has 6 rings (SSSR count). The van der Waals surface area contributed by atoms with Crippen LogP contribution in [0.3, 0.4) is 0 Å².